The number of rotatable bonds is 9. The molecular formula is C23H25NO4. The van der Waals surface area contributed by atoms with Crippen molar-refractivity contribution in [1.82, 2.24) is 0 Å². The van der Waals surface area contributed by atoms with Gasteiger partial charge in [0.05, 0.1) is 0 Å². The van der Waals surface area contributed by atoms with E-state index in [2.05, 4.69) is 11.9 Å². The summed E-state index contributed by atoms with van der Waals surface area (Å²) < 4.78 is 10.4. The monoisotopic (exact) mass is 379 g/mol. The highest BCUT2D eigenvalue weighted by Crippen LogP contribution is 2.23. The minimum absolute atomic E-state index is 0.274. The number of hydrogen-bond acceptors (Lipinski definition) is 4. The highest BCUT2D eigenvalue weighted by atomic mass is 16.5. The van der Waals surface area contributed by atoms with Crippen molar-refractivity contribution in [2.45, 2.75) is 19.8 Å². The quantitative estimate of drug-likeness (QED) is 0.394. The maximum Gasteiger partial charge on any atom is 0.331 e. The Bertz CT molecular complexity index is 838. The zero-order valence-corrected chi connectivity index (χ0v) is 16.2. The van der Waals surface area contributed by atoms with Crippen molar-refractivity contribution in [3.05, 3.63) is 78.4 Å². The number of carbonyl (C=O) groups excluding carboxylic acids is 2. The molecule has 2 aromatic rings. The highest BCUT2D eigenvalue weighted by molar-refractivity contribution is 5.95. The van der Waals surface area contributed by atoms with E-state index in [1.54, 1.807) is 24.3 Å². The molecule has 1 N–H and O–H groups in total. The minimum atomic E-state index is -0.584. The molecule has 2 aromatic carbocycles. The van der Waals surface area contributed by atoms with E-state index in [0.29, 0.717) is 6.61 Å². The van der Waals surface area contributed by atoms with Crippen molar-refractivity contribution in [3.8, 4) is 5.75 Å². The van der Waals surface area contributed by atoms with E-state index in [-0.39, 0.29) is 18.4 Å². The van der Waals surface area contributed by atoms with Gasteiger partial charge < -0.3 is 14.8 Å². The molecule has 0 aliphatic rings. The summed E-state index contributed by atoms with van der Waals surface area (Å²) >= 11 is 0. The van der Waals surface area contributed by atoms with Gasteiger partial charge in [-0.25, -0.2) is 4.79 Å². The molecule has 5 heteroatoms. The Morgan fingerprint density at radius 1 is 1.11 bits per heavy atom. The largest absolute Gasteiger partial charge is 0.490 e. The standard InChI is InChI=1S/C23H25NO4/c1-4-15-27-19-12-9-18(10-13-19)11-14-23(26)28-16-22(25)24-21-8-6-5-7-20(21)17(2)3/h4-14,17H,1,15-16H2,2-3H3,(H,24,25)/b14-11+. The van der Waals surface area contributed by atoms with Crippen LogP contribution in [0.5, 0.6) is 5.75 Å². The van der Waals surface area contributed by atoms with Gasteiger partial charge in [0.2, 0.25) is 0 Å². The summed E-state index contributed by atoms with van der Waals surface area (Å²) in [6, 6.07) is 14.8. The molecule has 0 spiro atoms. The average Bonchev–Trinajstić information content (AvgIpc) is 2.70. The van der Waals surface area contributed by atoms with E-state index in [1.807, 2.05) is 50.2 Å². The highest BCUT2D eigenvalue weighted by Gasteiger charge is 2.10. The van der Waals surface area contributed by atoms with Crippen molar-refractivity contribution >= 4 is 23.6 Å². The van der Waals surface area contributed by atoms with Gasteiger partial charge in [-0.05, 0) is 41.3 Å². The van der Waals surface area contributed by atoms with E-state index in [0.717, 1.165) is 22.6 Å². The summed E-state index contributed by atoms with van der Waals surface area (Å²) in [5.41, 5.74) is 2.58. The van der Waals surface area contributed by atoms with Gasteiger partial charge in [-0.15, -0.1) is 0 Å². The number of benzene rings is 2. The van der Waals surface area contributed by atoms with Gasteiger partial charge in [0.25, 0.3) is 5.91 Å². The lowest BCUT2D eigenvalue weighted by atomic mass is 10.0. The van der Waals surface area contributed by atoms with Gasteiger partial charge in [-0.3, -0.25) is 4.79 Å². The predicted molar refractivity (Wildman–Crippen MR) is 111 cm³/mol. The fraction of sp³-hybridized carbons (Fsp3) is 0.217. The molecule has 5 nitrogen and oxygen atoms in total. The number of ether oxygens (including phenoxy) is 2. The fourth-order valence-electron chi connectivity index (χ4n) is 2.48. The number of nitrogens with one attached hydrogen (secondary N) is 1. The third-order valence-corrected chi connectivity index (χ3v) is 3.86. The van der Waals surface area contributed by atoms with Crippen molar-refractivity contribution in [2.24, 2.45) is 0 Å². The van der Waals surface area contributed by atoms with Crippen LogP contribution in [0.3, 0.4) is 0 Å². The molecule has 0 aromatic heterocycles. The Balaban J connectivity index is 1.82. The molecule has 0 atom stereocenters. The second-order valence-corrected chi connectivity index (χ2v) is 6.40. The molecule has 28 heavy (non-hydrogen) atoms. The number of esters is 1. The number of anilines is 1. The first-order chi connectivity index (χ1) is 13.5. The van der Waals surface area contributed by atoms with Crippen LogP contribution in [0.25, 0.3) is 6.08 Å². The first-order valence-corrected chi connectivity index (χ1v) is 9.07. The second-order valence-electron chi connectivity index (χ2n) is 6.40. The van der Waals surface area contributed by atoms with Crippen LogP contribution in [0, 0.1) is 0 Å². The third kappa shape index (κ3) is 6.76. The SMILES string of the molecule is C=CCOc1ccc(/C=C/C(=O)OCC(=O)Nc2ccccc2C(C)C)cc1. The van der Waals surface area contributed by atoms with Crippen molar-refractivity contribution < 1.29 is 19.1 Å². The average molecular weight is 379 g/mol. The summed E-state index contributed by atoms with van der Waals surface area (Å²) in [5.74, 6) is 0.0337. The van der Waals surface area contributed by atoms with Gasteiger partial charge in [-0.2, -0.15) is 0 Å². The van der Waals surface area contributed by atoms with E-state index in [4.69, 9.17) is 9.47 Å². The lowest BCUT2D eigenvalue weighted by molar-refractivity contribution is -0.142. The Morgan fingerprint density at radius 3 is 2.50 bits per heavy atom. The van der Waals surface area contributed by atoms with Crippen LogP contribution in [0.2, 0.25) is 0 Å². The van der Waals surface area contributed by atoms with E-state index < -0.39 is 5.97 Å². The number of carbonyl (C=O) groups is 2. The normalized spacial score (nSPS) is 10.7. The van der Waals surface area contributed by atoms with Crippen molar-refractivity contribution in [1.29, 1.82) is 0 Å². The van der Waals surface area contributed by atoms with Crippen molar-refractivity contribution in [2.75, 3.05) is 18.5 Å². The van der Waals surface area contributed by atoms with Crippen molar-refractivity contribution in [3.63, 3.8) is 0 Å². The Morgan fingerprint density at radius 2 is 1.82 bits per heavy atom. The molecule has 0 aliphatic carbocycles. The maximum absolute atomic E-state index is 12.1. The number of amides is 1. The molecule has 1 amide bonds. The molecule has 0 unspecified atom stereocenters. The molecule has 0 heterocycles. The lowest BCUT2D eigenvalue weighted by Gasteiger charge is -2.13. The van der Waals surface area contributed by atoms with Crippen LogP contribution in [-0.2, 0) is 14.3 Å². The van der Waals surface area contributed by atoms with Crippen LogP contribution >= 0.6 is 0 Å². The van der Waals surface area contributed by atoms with Crippen LogP contribution in [0.1, 0.15) is 30.9 Å². The maximum atomic E-state index is 12.1. The molecule has 0 fully saturated rings. The summed E-state index contributed by atoms with van der Waals surface area (Å²) in [6.07, 6.45) is 4.57. The topological polar surface area (TPSA) is 64.6 Å². The lowest BCUT2D eigenvalue weighted by Crippen LogP contribution is -2.21. The van der Waals surface area contributed by atoms with Gasteiger partial charge in [-0.1, -0.05) is 56.8 Å². The summed E-state index contributed by atoms with van der Waals surface area (Å²) in [7, 11) is 0. The van der Waals surface area contributed by atoms with Crippen LogP contribution in [-0.4, -0.2) is 25.1 Å². The summed E-state index contributed by atoms with van der Waals surface area (Å²) in [6.45, 7) is 7.78. The molecule has 0 bridgehead atoms. The molecular weight excluding hydrogens is 354 g/mol. The van der Waals surface area contributed by atoms with Crippen LogP contribution in [0.15, 0.2) is 67.3 Å². The predicted octanol–water partition coefficient (Wildman–Crippen LogP) is 4.57. The van der Waals surface area contributed by atoms with Gasteiger partial charge in [0.15, 0.2) is 6.61 Å². The molecule has 146 valence electrons. The number of hydrogen-bond donors (Lipinski definition) is 1. The first kappa shape index (κ1) is 21.0. The van der Waals surface area contributed by atoms with Gasteiger partial charge in [0.1, 0.15) is 12.4 Å². The molecule has 0 radical (unpaired) electrons. The second kappa shape index (κ2) is 10.7. The van der Waals surface area contributed by atoms with Crippen LogP contribution < -0.4 is 10.1 Å². The Labute approximate surface area is 165 Å². The molecule has 0 aliphatic heterocycles. The zero-order valence-electron chi connectivity index (χ0n) is 16.2. The first-order valence-electron chi connectivity index (χ1n) is 9.07. The van der Waals surface area contributed by atoms with Crippen LogP contribution in [0.4, 0.5) is 5.69 Å². The molecule has 2 rings (SSSR count). The Hall–Kier alpha value is -3.34. The van der Waals surface area contributed by atoms with E-state index in [1.165, 1.54) is 6.08 Å². The molecule has 0 saturated heterocycles. The zero-order chi connectivity index (χ0) is 20.4. The Kier molecular flexibility index (Phi) is 8.03. The van der Waals surface area contributed by atoms with E-state index in [9.17, 15) is 9.59 Å². The summed E-state index contributed by atoms with van der Waals surface area (Å²) in [4.78, 5) is 23.9. The van der Waals surface area contributed by atoms with Gasteiger partial charge in [0, 0.05) is 11.8 Å². The smallest absolute Gasteiger partial charge is 0.331 e. The minimum Gasteiger partial charge on any atom is -0.490 e. The fourth-order valence-corrected chi connectivity index (χ4v) is 2.48. The molecule has 0 saturated carbocycles. The summed E-state index contributed by atoms with van der Waals surface area (Å²) in [5, 5.41) is 2.78. The third-order valence-electron chi connectivity index (χ3n) is 3.86. The van der Waals surface area contributed by atoms with E-state index >= 15 is 0 Å². The number of para-hydroxylation sites is 1. The van der Waals surface area contributed by atoms with Gasteiger partial charge >= 0.3 is 5.97 Å².